The summed E-state index contributed by atoms with van der Waals surface area (Å²) in [6.07, 6.45) is 8.22. The van der Waals surface area contributed by atoms with Crippen LogP contribution in [0.25, 0.3) is 0 Å². The molecular formula is C17H23N3. The molecule has 1 heterocycles. The highest BCUT2D eigenvalue weighted by molar-refractivity contribution is 5.15. The van der Waals surface area contributed by atoms with E-state index in [0.717, 1.165) is 25.8 Å². The van der Waals surface area contributed by atoms with E-state index in [9.17, 15) is 0 Å². The minimum absolute atomic E-state index is 0.383. The van der Waals surface area contributed by atoms with Crippen LogP contribution in [0, 0.1) is 0 Å². The van der Waals surface area contributed by atoms with Gasteiger partial charge in [0, 0.05) is 12.2 Å². The monoisotopic (exact) mass is 269 g/mol. The molecule has 0 saturated heterocycles. The van der Waals surface area contributed by atoms with Crippen LogP contribution >= 0.6 is 0 Å². The Balaban J connectivity index is 1.88. The fourth-order valence-electron chi connectivity index (χ4n) is 2.37. The largest absolute Gasteiger partial charge is 0.310 e. The van der Waals surface area contributed by atoms with Crippen molar-refractivity contribution < 1.29 is 0 Å². The Hall–Kier alpha value is -1.74. The topological polar surface area (TPSA) is 37.8 Å². The molecule has 0 aliphatic heterocycles. The van der Waals surface area contributed by atoms with Gasteiger partial charge >= 0.3 is 0 Å². The van der Waals surface area contributed by atoms with E-state index in [-0.39, 0.29) is 0 Å². The van der Waals surface area contributed by atoms with E-state index in [1.165, 1.54) is 17.5 Å². The van der Waals surface area contributed by atoms with E-state index in [0.29, 0.717) is 6.04 Å². The zero-order chi connectivity index (χ0) is 14.0. The Morgan fingerprint density at radius 1 is 1.10 bits per heavy atom. The van der Waals surface area contributed by atoms with Crippen molar-refractivity contribution >= 4 is 0 Å². The van der Waals surface area contributed by atoms with Crippen molar-refractivity contribution in [1.29, 1.82) is 0 Å². The van der Waals surface area contributed by atoms with Crippen LogP contribution in [0.4, 0.5) is 0 Å². The first-order chi connectivity index (χ1) is 9.90. The maximum atomic E-state index is 3.99. The summed E-state index contributed by atoms with van der Waals surface area (Å²) < 4.78 is 0. The summed E-state index contributed by atoms with van der Waals surface area (Å²) in [4.78, 5) is 0. The average molecular weight is 269 g/mol. The number of nitrogens with one attached hydrogen (secondary N) is 1. The lowest BCUT2D eigenvalue weighted by atomic mass is 10.0. The van der Waals surface area contributed by atoms with Crippen LogP contribution in [0.3, 0.4) is 0 Å². The van der Waals surface area contributed by atoms with Crippen LogP contribution < -0.4 is 5.32 Å². The third-order valence-corrected chi connectivity index (χ3v) is 3.45. The van der Waals surface area contributed by atoms with E-state index in [1.54, 1.807) is 6.20 Å². The summed E-state index contributed by atoms with van der Waals surface area (Å²) in [7, 11) is 0. The minimum atomic E-state index is 0.383. The number of hydrogen-bond donors (Lipinski definition) is 1. The van der Waals surface area contributed by atoms with Crippen LogP contribution in [0.2, 0.25) is 0 Å². The van der Waals surface area contributed by atoms with Gasteiger partial charge in [0.05, 0.1) is 6.20 Å². The molecule has 106 valence electrons. The molecular weight excluding hydrogens is 246 g/mol. The molecule has 2 rings (SSSR count). The number of nitrogens with zero attached hydrogens (tertiary/aromatic N) is 2. The van der Waals surface area contributed by atoms with Crippen molar-refractivity contribution in [3.8, 4) is 0 Å². The Bertz CT molecular complexity index is 470. The van der Waals surface area contributed by atoms with Gasteiger partial charge in [-0.1, -0.05) is 37.3 Å². The predicted octanol–water partition coefficient (Wildman–Crippen LogP) is 3.54. The number of benzene rings is 1. The molecule has 1 aromatic carbocycles. The molecule has 1 N–H and O–H groups in total. The molecule has 0 radical (unpaired) electrons. The highest BCUT2D eigenvalue weighted by Gasteiger charge is 2.10. The molecule has 0 saturated carbocycles. The van der Waals surface area contributed by atoms with Gasteiger partial charge in [0.2, 0.25) is 0 Å². The molecule has 3 heteroatoms. The fraction of sp³-hybridized carbons (Fsp3) is 0.412. The van der Waals surface area contributed by atoms with Gasteiger partial charge in [-0.05, 0) is 49.4 Å². The highest BCUT2D eigenvalue weighted by Crippen LogP contribution is 2.18. The lowest BCUT2D eigenvalue weighted by Crippen LogP contribution is -2.22. The third-order valence-electron chi connectivity index (χ3n) is 3.45. The normalized spacial score (nSPS) is 12.2. The Labute approximate surface area is 121 Å². The van der Waals surface area contributed by atoms with E-state index in [1.807, 2.05) is 6.20 Å². The molecule has 1 atom stereocenters. The van der Waals surface area contributed by atoms with Gasteiger partial charge in [-0.15, -0.1) is 0 Å². The zero-order valence-electron chi connectivity index (χ0n) is 12.1. The van der Waals surface area contributed by atoms with Crippen molar-refractivity contribution in [3.63, 3.8) is 0 Å². The van der Waals surface area contributed by atoms with Gasteiger partial charge in [-0.3, -0.25) is 0 Å². The van der Waals surface area contributed by atoms with E-state index in [4.69, 9.17) is 0 Å². The van der Waals surface area contributed by atoms with Crippen molar-refractivity contribution in [3.05, 3.63) is 59.9 Å². The van der Waals surface area contributed by atoms with E-state index < -0.39 is 0 Å². The summed E-state index contributed by atoms with van der Waals surface area (Å²) in [5.41, 5.74) is 2.65. The van der Waals surface area contributed by atoms with Crippen molar-refractivity contribution in [1.82, 2.24) is 15.5 Å². The second-order valence-corrected chi connectivity index (χ2v) is 5.06. The molecule has 0 aliphatic carbocycles. The molecule has 1 aromatic heterocycles. The summed E-state index contributed by atoms with van der Waals surface area (Å²) >= 11 is 0. The first-order valence-corrected chi connectivity index (χ1v) is 7.44. The van der Waals surface area contributed by atoms with E-state index in [2.05, 4.69) is 58.8 Å². The van der Waals surface area contributed by atoms with Crippen molar-refractivity contribution in [2.24, 2.45) is 0 Å². The summed E-state index contributed by atoms with van der Waals surface area (Å²) in [6, 6.07) is 13.1. The van der Waals surface area contributed by atoms with Gasteiger partial charge in [0.25, 0.3) is 0 Å². The maximum absolute atomic E-state index is 3.99. The van der Waals surface area contributed by atoms with Gasteiger partial charge in [0.1, 0.15) is 0 Å². The SMILES string of the molecule is CCCNC(CCCc1ccccc1)c1ccnnc1. The standard InChI is InChI=1S/C17H23N3/c1-2-12-18-17(16-11-13-19-20-14-16)10-6-9-15-7-4-3-5-8-15/h3-5,7-8,11,13-14,17-18H,2,6,9-10,12H2,1H3. The van der Waals surface area contributed by atoms with Crippen LogP contribution in [0.1, 0.15) is 43.4 Å². The second kappa shape index (κ2) is 8.43. The molecule has 0 amide bonds. The maximum Gasteiger partial charge on any atom is 0.0544 e. The van der Waals surface area contributed by atoms with E-state index >= 15 is 0 Å². The summed E-state index contributed by atoms with van der Waals surface area (Å²) in [5, 5.41) is 11.5. The van der Waals surface area contributed by atoms with Crippen molar-refractivity contribution in [2.75, 3.05) is 6.54 Å². The Kier molecular flexibility index (Phi) is 6.18. The Morgan fingerprint density at radius 3 is 2.65 bits per heavy atom. The number of hydrogen-bond acceptors (Lipinski definition) is 3. The molecule has 1 unspecified atom stereocenters. The van der Waals surface area contributed by atoms with Crippen LogP contribution in [0.5, 0.6) is 0 Å². The highest BCUT2D eigenvalue weighted by atomic mass is 15.1. The number of aryl methyl sites for hydroxylation is 1. The fourth-order valence-corrected chi connectivity index (χ4v) is 2.37. The summed E-state index contributed by atoms with van der Waals surface area (Å²) in [5.74, 6) is 0. The second-order valence-electron chi connectivity index (χ2n) is 5.06. The predicted molar refractivity (Wildman–Crippen MR) is 82.4 cm³/mol. The molecule has 20 heavy (non-hydrogen) atoms. The van der Waals surface area contributed by atoms with Gasteiger partial charge in [-0.2, -0.15) is 10.2 Å². The zero-order valence-corrected chi connectivity index (χ0v) is 12.1. The van der Waals surface area contributed by atoms with Gasteiger partial charge in [0.15, 0.2) is 0 Å². The number of rotatable bonds is 8. The van der Waals surface area contributed by atoms with Crippen LogP contribution in [-0.2, 0) is 6.42 Å². The molecule has 0 spiro atoms. The molecule has 0 aliphatic rings. The lowest BCUT2D eigenvalue weighted by molar-refractivity contribution is 0.482. The Morgan fingerprint density at radius 2 is 1.95 bits per heavy atom. The third kappa shape index (κ3) is 4.74. The lowest BCUT2D eigenvalue weighted by Gasteiger charge is -2.18. The van der Waals surface area contributed by atoms with Crippen LogP contribution in [-0.4, -0.2) is 16.7 Å². The summed E-state index contributed by atoms with van der Waals surface area (Å²) in [6.45, 7) is 3.23. The minimum Gasteiger partial charge on any atom is -0.310 e. The quantitative estimate of drug-likeness (QED) is 0.796. The van der Waals surface area contributed by atoms with Crippen molar-refractivity contribution in [2.45, 2.75) is 38.6 Å². The molecule has 2 aromatic rings. The van der Waals surface area contributed by atoms with Gasteiger partial charge < -0.3 is 5.32 Å². The first kappa shape index (κ1) is 14.7. The first-order valence-electron chi connectivity index (χ1n) is 7.44. The van der Waals surface area contributed by atoms with Crippen LogP contribution in [0.15, 0.2) is 48.8 Å². The van der Waals surface area contributed by atoms with Gasteiger partial charge in [-0.25, -0.2) is 0 Å². The molecule has 3 nitrogen and oxygen atoms in total. The molecule has 0 fully saturated rings. The smallest absolute Gasteiger partial charge is 0.0544 e. The average Bonchev–Trinajstić information content (AvgIpc) is 2.52. The molecule has 0 bridgehead atoms. The number of aromatic nitrogens is 2.